The quantitative estimate of drug-likeness (QED) is 0.445. The normalized spacial score (nSPS) is 28.2. The maximum atomic E-state index is 12.9. The zero-order valence-electron chi connectivity index (χ0n) is 19.5. The summed E-state index contributed by atoms with van der Waals surface area (Å²) < 4.78 is 11.0. The van der Waals surface area contributed by atoms with Crippen LogP contribution in [0, 0.1) is 0 Å². The topological polar surface area (TPSA) is 68.3 Å². The molecule has 0 N–H and O–H groups in total. The smallest absolute Gasteiger partial charge is 0.410 e. The predicted molar refractivity (Wildman–Crippen MR) is 114 cm³/mol. The van der Waals surface area contributed by atoms with E-state index in [2.05, 4.69) is 6.92 Å². The lowest BCUT2D eigenvalue weighted by molar-refractivity contribution is -0.295. The van der Waals surface area contributed by atoms with E-state index < -0.39 is 11.1 Å². The fraction of sp³-hybridized carbons (Fsp3) is 0.913. The third-order valence-electron chi connectivity index (χ3n) is 6.61. The highest BCUT2D eigenvalue weighted by molar-refractivity contribution is 5.83. The van der Waals surface area contributed by atoms with Gasteiger partial charge in [-0.1, -0.05) is 32.6 Å². The van der Waals surface area contributed by atoms with E-state index in [1.165, 1.54) is 19.3 Å². The summed E-state index contributed by atoms with van der Waals surface area (Å²) in [6.07, 6.45) is 8.55. The van der Waals surface area contributed by atoms with E-state index in [0.717, 1.165) is 19.3 Å². The van der Waals surface area contributed by atoms with Crippen molar-refractivity contribution in [2.75, 3.05) is 19.7 Å². The van der Waals surface area contributed by atoms with Gasteiger partial charge in [-0.3, -0.25) is 4.84 Å². The number of piperidine rings is 1. The van der Waals surface area contributed by atoms with Gasteiger partial charge in [0.2, 0.25) is 0 Å². The van der Waals surface area contributed by atoms with Gasteiger partial charge in [0.15, 0.2) is 0 Å². The average molecular weight is 425 g/mol. The van der Waals surface area contributed by atoms with E-state index in [1.54, 1.807) is 4.90 Å². The highest BCUT2D eigenvalue weighted by Crippen LogP contribution is 2.55. The van der Waals surface area contributed by atoms with Gasteiger partial charge in [-0.05, 0) is 53.4 Å². The Morgan fingerprint density at radius 1 is 1.10 bits per heavy atom. The first-order valence-electron chi connectivity index (χ1n) is 11.8. The van der Waals surface area contributed by atoms with Crippen LogP contribution in [0.3, 0.4) is 0 Å². The number of ether oxygens (including phenoxy) is 2. The number of amides is 1. The van der Waals surface area contributed by atoms with Crippen LogP contribution in [0.25, 0.3) is 0 Å². The van der Waals surface area contributed by atoms with E-state index in [0.29, 0.717) is 39.0 Å². The van der Waals surface area contributed by atoms with Gasteiger partial charge in [-0.15, -0.1) is 0 Å². The number of nitrogens with zero attached hydrogens (tertiary/aromatic N) is 2. The van der Waals surface area contributed by atoms with Crippen LogP contribution in [-0.4, -0.2) is 64.5 Å². The zero-order chi connectivity index (χ0) is 22.0. The van der Waals surface area contributed by atoms with Crippen molar-refractivity contribution in [2.24, 2.45) is 0 Å². The van der Waals surface area contributed by atoms with Crippen molar-refractivity contribution < 1.29 is 23.9 Å². The Labute approximate surface area is 181 Å². The van der Waals surface area contributed by atoms with Gasteiger partial charge < -0.3 is 14.4 Å². The molecule has 0 aromatic rings. The number of esters is 1. The summed E-state index contributed by atoms with van der Waals surface area (Å²) in [5, 5.41) is 1.97. The van der Waals surface area contributed by atoms with Gasteiger partial charge in [-0.25, -0.2) is 9.59 Å². The second kappa shape index (κ2) is 9.03. The Hall–Kier alpha value is -1.34. The van der Waals surface area contributed by atoms with Crippen LogP contribution in [0.2, 0.25) is 0 Å². The first-order valence-corrected chi connectivity index (χ1v) is 11.8. The van der Waals surface area contributed by atoms with Crippen LogP contribution < -0.4 is 0 Å². The first kappa shape index (κ1) is 23.3. The lowest BCUT2D eigenvalue weighted by Crippen LogP contribution is -2.66. The summed E-state index contributed by atoms with van der Waals surface area (Å²) in [5.74, 6) is -0.152. The van der Waals surface area contributed by atoms with E-state index >= 15 is 0 Å². The second-order valence-electron chi connectivity index (χ2n) is 10.2. The van der Waals surface area contributed by atoms with Crippen molar-refractivity contribution >= 4 is 12.1 Å². The number of fused-ring (bicyclic) bond motifs is 1. The van der Waals surface area contributed by atoms with Gasteiger partial charge in [0.05, 0.1) is 12.2 Å². The molecule has 172 valence electrons. The zero-order valence-corrected chi connectivity index (χ0v) is 19.5. The number of hydrogen-bond donors (Lipinski definition) is 0. The van der Waals surface area contributed by atoms with Crippen LogP contribution in [-0.2, 0) is 19.1 Å². The fourth-order valence-electron chi connectivity index (χ4n) is 5.11. The van der Waals surface area contributed by atoms with Crippen molar-refractivity contribution in [3.63, 3.8) is 0 Å². The SMILES string of the molecule is CCCCCCC1CC2(C(=O)OCC)CC3(CCN(C(=O)OC(C)(C)C)CC3)ON12. The molecule has 3 rings (SSSR count). The average Bonchev–Trinajstić information content (AvgIpc) is 2.91. The number of hydrogen-bond acceptors (Lipinski definition) is 6. The molecule has 0 bridgehead atoms. The Kier molecular flexibility index (Phi) is 7.02. The molecule has 2 unspecified atom stereocenters. The monoisotopic (exact) mass is 424 g/mol. The number of rotatable bonds is 7. The molecule has 3 saturated heterocycles. The number of unbranched alkanes of at least 4 members (excludes halogenated alkanes) is 3. The third-order valence-corrected chi connectivity index (χ3v) is 6.61. The van der Waals surface area contributed by atoms with Gasteiger partial charge in [-0.2, -0.15) is 5.06 Å². The van der Waals surface area contributed by atoms with Crippen molar-refractivity contribution in [3.8, 4) is 0 Å². The molecular weight excluding hydrogens is 384 g/mol. The molecule has 0 aromatic carbocycles. The molecule has 30 heavy (non-hydrogen) atoms. The number of hydroxylamine groups is 2. The Bertz CT molecular complexity index is 624. The Morgan fingerprint density at radius 3 is 2.40 bits per heavy atom. The minimum atomic E-state index is -0.639. The van der Waals surface area contributed by atoms with Crippen LogP contribution in [0.15, 0.2) is 0 Å². The molecule has 1 amide bonds. The van der Waals surface area contributed by atoms with E-state index in [1.807, 2.05) is 32.8 Å². The lowest BCUT2D eigenvalue weighted by atomic mass is 9.71. The molecule has 3 aliphatic rings. The second-order valence-corrected chi connectivity index (χ2v) is 10.2. The largest absolute Gasteiger partial charge is 0.465 e. The van der Waals surface area contributed by atoms with Gasteiger partial charge >= 0.3 is 12.1 Å². The van der Waals surface area contributed by atoms with Crippen LogP contribution in [0.5, 0.6) is 0 Å². The van der Waals surface area contributed by atoms with Crippen molar-refractivity contribution in [1.29, 1.82) is 0 Å². The summed E-state index contributed by atoms with van der Waals surface area (Å²) in [5.41, 5.74) is -1.52. The molecule has 0 saturated carbocycles. The molecule has 7 nitrogen and oxygen atoms in total. The summed E-state index contributed by atoms with van der Waals surface area (Å²) >= 11 is 0. The summed E-state index contributed by atoms with van der Waals surface area (Å²) in [7, 11) is 0. The molecule has 2 atom stereocenters. The number of carbonyl (C=O) groups is 2. The lowest BCUT2D eigenvalue weighted by Gasteiger charge is -2.50. The molecule has 3 fully saturated rings. The molecule has 0 aliphatic carbocycles. The van der Waals surface area contributed by atoms with Gasteiger partial charge in [0.25, 0.3) is 0 Å². The van der Waals surface area contributed by atoms with E-state index in [9.17, 15) is 9.59 Å². The van der Waals surface area contributed by atoms with Crippen molar-refractivity contribution in [3.05, 3.63) is 0 Å². The van der Waals surface area contributed by atoms with Crippen LogP contribution in [0.1, 0.15) is 92.4 Å². The van der Waals surface area contributed by atoms with Crippen LogP contribution >= 0.6 is 0 Å². The summed E-state index contributed by atoms with van der Waals surface area (Å²) in [4.78, 5) is 33.6. The number of carbonyl (C=O) groups excluding carboxylic acids is 2. The van der Waals surface area contributed by atoms with Gasteiger partial charge in [0.1, 0.15) is 11.1 Å². The maximum absolute atomic E-state index is 12.9. The maximum Gasteiger partial charge on any atom is 0.410 e. The predicted octanol–water partition coefficient (Wildman–Crippen LogP) is 4.44. The molecule has 3 heterocycles. The van der Waals surface area contributed by atoms with E-state index in [4.69, 9.17) is 14.3 Å². The molecular formula is C23H40N2O5. The Morgan fingerprint density at radius 2 is 1.80 bits per heavy atom. The summed E-state index contributed by atoms with van der Waals surface area (Å²) in [6.45, 7) is 11.3. The van der Waals surface area contributed by atoms with Crippen LogP contribution in [0.4, 0.5) is 4.79 Å². The fourth-order valence-corrected chi connectivity index (χ4v) is 5.11. The minimum Gasteiger partial charge on any atom is -0.465 e. The molecule has 7 heteroatoms. The Balaban J connectivity index is 1.62. The molecule has 1 spiro atoms. The van der Waals surface area contributed by atoms with E-state index in [-0.39, 0.29) is 23.7 Å². The number of likely N-dealkylation sites (tertiary alicyclic amines) is 1. The molecule has 0 radical (unpaired) electrons. The highest BCUT2D eigenvalue weighted by Gasteiger charge is 2.68. The van der Waals surface area contributed by atoms with Gasteiger partial charge in [0, 0.05) is 25.6 Å². The standard InChI is InChI=1S/C23H40N2O5/c1-6-8-9-10-11-18-16-23(19(26)28-7-2)17-22(30-25(18)23)12-14-24(15-13-22)20(27)29-21(3,4)5/h18H,6-17H2,1-5H3. The minimum absolute atomic E-state index is 0.152. The summed E-state index contributed by atoms with van der Waals surface area (Å²) in [6, 6.07) is 0.287. The third kappa shape index (κ3) is 4.77. The van der Waals surface area contributed by atoms with Crippen molar-refractivity contribution in [2.45, 2.75) is 115 Å². The van der Waals surface area contributed by atoms with Crippen molar-refractivity contribution in [1.82, 2.24) is 9.96 Å². The molecule has 3 aliphatic heterocycles. The first-order chi connectivity index (χ1) is 14.1. The molecule has 0 aromatic heterocycles. The highest BCUT2D eigenvalue weighted by atomic mass is 16.7.